The molecule has 4 rings (SSSR count). The zero-order valence-corrected chi connectivity index (χ0v) is 19.4. The maximum Gasteiger partial charge on any atom is 0.332 e. The largest absolute Gasteiger partial charge is 0.497 e. The molecular formula is C25H29N5O4. The Hall–Kier alpha value is -3.85. The molecule has 3 aromatic rings. The molecule has 2 heterocycles. The first kappa shape index (κ1) is 23.3. The molecule has 2 aromatic carbocycles. The highest BCUT2D eigenvalue weighted by Gasteiger charge is 2.25. The van der Waals surface area contributed by atoms with Gasteiger partial charge in [-0.25, -0.2) is 4.79 Å². The lowest BCUT2D eigenvalue weighted by Crippen LogP contribution is -2.49. The van der Waals surface area contributed by atoms with Crippen LogP contribution in [0, 0.1) is 0 Å². The predicted molar refractivity (Wildman–Crippen MR) is 132 cm³/mol. The number of Topliss-reactive ketones (excluding diaryl/α,β-unsaturated/α-hetero) is 1. The van der Waals surface area contributed by atoms with E-state index in [0.29, 0.717) is 13.1 Å². The van der Waals surface area contributed by atoms with E-state index in [4.69, 9.17) is 10.5 Å². The molecule has 2 N–H and O–H groups in total. The van der Waals surface area contributed by atoms with E-state index < -0.39 is 11.2 Å². The highest BCUT2D eigenvalue weighted by atomic mass is 16.5. The number of ether oxygens (including phenoxy) is 1. The number of carbonyl (C=O) groups excluding carboxylic acids is 1. The third kappa shape index (κ3) is 4.74. The topological polar surface area (TPSA) is 103 Å². The summed E-state index contributed by atoms with van der Waals surface area (Å²) in [5.74, 6) is 0.345. The van der Waals surface area contributed by atoms with Crippen LogP contribution in [0.25, 0.3) is 0 Å². The molecule has 0 amide bonds. The monoisotopic (exact) mass is 463 g/mol. The van der Waals surface area contributed by atoms with Crippen LogP contribution < -0.4 is 26.6 Å². The van der Waals surface area contributed by atoms with Gasteiger partial charge in [-0.1, -0.05) is 30.3 Å². The molecule has 9 heteroatoms. The van der Waals surface area contributed by atoms with Crippen molar-refractivity contribution in [3.63, 3.8) is 0 Å². The highest BCUT2D eigenvalue weighted by Crippen LogP contribution is 2.20. The number of nitrogens with two attached hydrogens (primary N) is 1. The Labute approximate surface area is 197 Å². The molecule has 0 bridgehead atoms. The molecule has 1 fully saturated rings. The van der Waals surface area contributed by atoms with Gasteiger partial charge in [-0.3, -0.25) is 23.6 Å². The molecule has 178 valence electrons. The Morgan fingerprint density at radius 3 is 2.24 bits per heavy atom. The van der Waals surface area contributed by atoms with Crippen molar-refractivity contribution in [1.29, 1.82) is 0 Å². The predicted octanol–water partition coefficient (Wildman–Crippen LogP) is 1.19. The van der Waals surface area contributed by atoms with Gasteiger partial charge in [0.1, 0.15) is 17.1 Å². The summed E-state index contributed by atoms with van der Waals surface area (Å²) >= 11 is 0. The van der Waals surface area contributed by atoms with Crippen molar-refractivity contribution in [3.05, 3.63) is 86.6 Å². The molecule has 1 aliphatic heterocycles. The van der Waals surface area contributed by atoms with Crippen LogP contribution in [0.3, 0.4) is 0 Å². The van der Waals surface area contributed by atoms with Crippen LogP contribution in [-0.2, 0) is 13.6 Å². The number of ketones is 1. The molecule has 0 radical (unpaired) electrons. The molecule has 0 atom stereocenters. The first-order valence-corrected chi connectivity index (χ1v) is 11.2. The number of methoxy groups -OCH3 is 1. The van der Waals surface area contributed by atoms with Gasteiger partial charge in [0.05, 0.1) is 20.2 Å². The Balaban J connectivity index is 1.49. The normalized spacial score (nSPS) is 14.2. The van der Waals surface area contributed by atoms with Crippen molar-refractivity contribution < 1.29 is 9.53 Å². The van der Waals surface area contributed by atoms with Crippen LogP contribution in [0.1, 0.15) is 15.9 Å². The Kier molecular flexibility index (Phi) is 6.83. The summed E-state index contributed by atoms with van der Waals surface area (Å²) < 4.78 is 7.45. The number of hydrogen-bond acceptors (Lipinski definition) is 7. The number of aromatic nitrogens is 2. The van der Waals surface area contributed by atoms with Crippen molar-refractivity contribution in [3.8, 4) is 5.75 Å². The van der Waals surface area contributed by atoms with Crippen LogP contribution in [0.15, 0.2) is 64.2 Å². The fourth-order valence-corrected chi connectivity index (χ4v) is 4.20. The second-order valence-corrected chi connectivity index (χ2v) is 8.36. The summed E-state index contributed by atoms with van der Waals surface area (Å²) in [6.45, 7) is 3.09. The summed E-state index contributed by atoms with van der Waals surface area (Å²) in [4.78, 5) is 42.9. The van der Waals surface area contributed by atoms with Gasteiger partial charge < -0.3 is 15.4 Å². The Morgan fingerprint density at radius 2 is 1.62 bits per heavy atom. The molecule has 34 heavy (non-hydrogen) atoms. The van der Waals surface area contributed by atoms with E-state index in [1.165, 1.54) is 11.6 Å². The number of anilines is 2. The standard InChI is InChI=1S/C25H29N5O4/c1-27-24(32)22(23(26)30(25(27)33)16-18-6-4-3-5-7-18)21(31)17-28-12-14-29(15-13-28)19-8-10-20(34-2)11-9-19/h3-11H,12-17,26H2,1-2H3. The van der Waals surface area contributed by atoms with Gasteiger partial charge in [0.2, 0.25) is 0 Å². The Morgan fingerprint density at radius 1 is 0.971 bits per heavy atom. The van der Waals surface area contributed by atoms with Crippen molar-refractivity contribution in [2.45, 2.75) is 6.54 Å². The number of rotatable bonds is 7. The lowest BCUT2D eigenvalue weighted by Gasteiger charge is -2.35. The lowest BCUT2D eigenvalue weighted by atomic mass is 10.1. The van der Waals surface area contributed by atoms with E-state index >= 15 is 0 Å². The number of piperazine rings is 1. The third-order valence-corrected chi connectivity index (χ3v) is 6.22. The molecule has 1 saturated heterocycles. The fourth-order valence-electron chi connectivity index (χ4n) is 4.20. The van der Waals surface area contributed by atoms with E-state index in [0.717, 1.165) is 34.7 Å². The van der Waals surface area contributed by atoms with Crippen molar-refractivity contribution in [2.24, 2.45) is 7.05 Å². The maximum atomic E-state index is 13.2. The zero-order valence-electron chi connectivity index (χ0n) is 19.4. The highest BCUT2D eigenvalue weighted by molar-refractivity contribution is 6.01. The van der Waals surface area contributed by atoms with Crippen LogP contribution in [0.5, 0.6) is 5.75 Å². The molecule has 9 nitrogen and oxygen atoms in total. The van der Waals surface area contributed by atoms with Crippen LogP contribution in [-0.4, -0.2) is 59.7 Å². The summed E-state index contributed by atoms with van der Waals surface area (Å²) in [7, 11) is 3.01. The molecular weight excluding hydrogens is 434 g/mol. The average molecular weight is 464 g/mol. The van der Waals surface area contributed by atoms with E-state index in [-0.39, 0.29) is 30.3 Å². The number of hydrogen-bond donors (Lipinski definition) is 1. The van der Waals surface area contributed by atoms with Crippen molar-refractivity contribution in [1.82, 2.24) is 14.0 Å². The molecule has 0 spiro atoms. The van der Waals surface area contributed by atoms with Gasteiger partial charge in [-0.15, -0.1) is 0 Å². The first-order chi connectivity index (χ1) is 16.4. The third-order valence-electron chi connectivity index (χ3n) is 6.22. The molecule has 0 saturated carbocycles. The van der Waals surface area contributed by atoms with Gasteiger partial charge in [0, 0.05) is 38.9 Å². The summed E-state index contributed by atoms with van der Waals surface area (Å²) in [5, 5.41) is 0. The van der Waals surface area contributed by atoms with Gasteiger partial charge >= 0.3 is 5.69 Å². The molecule has 0 unspecified atom stereocenters. The number of benzene rings is 2. The first-order valence-electron chi connectivity index (χ1n) is 11.2. The lowest BCUT2D eigenvalue weighted by molar-refractivity contribution is 0.0924. The molecule has 1 aliphatic rings. The van der Waals surface area contributed by atoms with Crippen LogP contribution >= 0.6 is 0 Å². The van der Waals surface area contributed by atoms with Gasteiger partial charge in [-0.05, 0) is 29.8 Å². The van der Waals surface area contributed by atoms with Crippen LogP contribution in [0.4, 0.5) is 11.5 Å². The second-order valence-electron chi connectivity index (χ2n) is 8.36. The maximum absolute atomic E-state index is 13.2. The zero-order chi connectivity index (χ0) is 24.2. The molecule has 0 aliphatic carbocycles. The number of nitrogen functional groups attached to an aromatic ring is 1. The SMILES string of the molecule is COc1ccc(N2CCN(CC(=O)c3c(N)n(Cc4ccccc4)c(=O)n(C)c3=O)CC2)cc1. The van der Waals surface area contributed by atoms with Gasteiger partial charge in [0.15, 0.2) is 5.78 Å². The molecule has 1 aromatic heterocycles. The minimum atomic E-state index is -0.659. The van der Waals surface area contributed by atoms with E-state index in [9.17, 15) is 14.4 Å². The van der Waals surface area contributed by atoms with E-state index in [1.807, 2.05) is 59.5 Å². The number of nitrogens with zero attached hydrogens (tertiary/aromatic N) is 4. The number of carbonyl (C=O) groups is 1. The van der Waals surface area contributed by atoms with Crippen molar-refractivity contribution >= 4 is 17.3 Å². The minimum absolute atomic E-state index is 0.0689. The van der Waals surface area contributed by atoms with E-state index in [1.54, 1.807) is 7.11 Å². The van der Waals surface area contributed by atoms with Crippen molar-refractivity contribution in [2.75, 3.05) is 50.5 Å². The van der Waals surface area contributed by atoms with E-state index in [2.05, 4.69) is 4.90 Å². The summed E-state index contributed by atoms with van der Waals surface area (Å²) in [6, 6.07) is 17.2. The average Bonchev–Trinajstić information content (AvgIpc) is 2.86. The summed E-state index contributed by atoms with van der Waals surface area (Å²) in [6.07, 6.45) is 0. The fraction of sp³-hybridized carbons (Fsp3) is 0.320. The smallest absolute Gasteiger partial charge is 0.332 e. The van der Waals surface area contributed by atoms with Gasteiger partial charge in [0.25, 0.3) is 5.56 Å². The quantitative estimate of drug-likeness (QED) is 0.525. The minimum Gasteiger partial charge on any atom is -0.497 e. The van der Waals surface area contributed by atoms with Gasteiger partial charge in [-0.2, -0.15) is 0 Å². The van der Waals surface area contributed by atoms with Crippen LogP contribution in [0.2, 0.25) is 0 Å². The second kappa shape index (κ2) is 9.96. The summed E-state index contributed by atoms with van der Waals surface area (Å²) in [5.41, 5.74) is 6.83. The Bertz CT molecular complexity index is 1270.